The number of unbranched alkanes of at least 4 members (excludes halogenated alkanes) is 3. The van der Waals surface area contributed by atoms with Gasteiger partial charge in [0.05, 0.1) is 6.54 Å². The van der Waals surface area contributed by atoms with Crippen LogP contribution in [0.5, 0.6) is 0 Å². The predicted molar refractivity (Wildman–Crippen MR) is 97.4 cm³/mol. The molecule has 0 bridgehead atoms. The number of aromatic amines is 1. The fourth-order valence-corrected chi connectivity index (χ4v) is 2.60. The first kappa shape index (κ1) is 19.4. The van der Waals surface area contributed by atoms with E-state index in [0.717, 1.165) is 32.1 Å². The fourth-order valence-electron chi connectivity index (χ4n) is 2.45. The van der Waals surface area contributed by atoms with Crippen molar-refractivity contribution in [3.63, 3.8) is 0 Å². The zero-order chi connectivity index (χ0) is 17.4. The van der Waals surface area contributed by atoms with Crippen molar-refractivity contribution in [1.29, 1.82) is 0 Å². The molecule has 7 heteroatoms. The summed E-state index contributed by atoms with van der Waals surface area (Å²) in [5.41, 5.74) is 5.49. The van der Waals surface area contributed by atoms with Crippen LogP contribution in [0, 0.1) is 0 Å². The number of anilines is 2. The van der Waals surface area contributed by atoms with Crippen molar-refractivity contribution in [2.24, 2.45) is 0 Å². The van der Waals surface area contributed by atoms with Gasteiger partial charge in [-0.1, -0.05) is 51.3 Å². The van der Waals surface area contributed by atoms with Crippen LogP contribution >= 0.6 is 11.6 Å². The van der Waals surface area contributed by atoms with E-state index in [-0.39, 0.29) is 5.82 Å². The molecule has 0 aliphatic heterocycles. The van der Waals surface area contributed by atoms with Crippen molar-refractivity contribution in [3.05, 3.63) is 32.4 Å². The topological polar surface area (TPSA) is 84.1 Å². The van der Waals surface area contributed by atoms with Crippen LogP contribution in [0.3, 0.4) is 0 Å². The maximum Gasteiger partial charge on any atom is 0.330 e. The molecule has 0 aliphatic carbocycles. The molecule has 0 unspecified atom stereocenters. The van der Waals surface area contributed by atoms with Crippen LogP contribution in [0.25, 0.3) is 0 Å². The van der Waals surface area contributed by atoms with Gasteiger partial charge in [-0.3, -0.25) is 14.3 Å². The smallest absolute Gasteiger partial charge is 0.330 e. The maximum atomic E-state index is 12.3. The molecule has 0 saturated carbocycles. The molecule has 3 N–H and O–H groups in total. The Bertz CT molecular complexity index is 636. The van der Waals surface area contributed by atoms with Gasteiger partial charge in [-0.05, 0) is 12.8 Å². The molecule has 6 nitrogen and oxygen atoms in total. The second-order valence-electron chi connectivity index (χ2n) is 5.64. The molecule has 0 atom stereocenters. The van der Waals surface area contributed by atoms with Gasteiger partial charge in [-0.25, -0.2) is 4.79 Å². The molecule has 1 aromatic rings. The number of hydrogen-bond acceptors (Lipinski definition) is 4. The highest BCUT2D eigenvalue weighted by molar-refractivity contribution is 6.29. The first-order valence-electron chi connectivity index (χ1n) is 8.13. The minimum absolute atomic E-state index is 0.196. The second-order valence-corrected chi connectivity index (χ2v) is 6.18. The Kier molecular flexibility index (Phi) is 7.95. The number of nitrogens with two attached hydrogens (primary N) is 1. The van der Waals surface area contributed by atoms with Gasteiger partial charge in [0, 0.05) is 18.1 Å². The number of halogens is 1. The van der Waals surface area contributed by atoms with Crippen LogP contribution in [0.2, 0.25) is 0 Å². The molecule has 0 radical (unpaired) electrons. The summed E-state index contributed by atoms with van der Waals surface area (Å²) in [7, 11) is 0. The Morgan fingerprint density at radius 1 is 1.26 bits per heavy atom. The zero-order valence-electron chi connectivity index (χ0n) is 14.0. The maximum absolute atomic E-state index is 12.3. The molecule has 0 aromatic carbocycles. The molecule has 1 heterocycles. The van der Waals surface area contributed by atoms with E-state index in [9.17, 15) is 9.59 Å². The van der Waals surface area contributed by atoms with Crippen LogP contribution < -0.4 is 21.9 Å². The van der Waals surface area contributed by atoms with E-state index in [1.807, 2.05) is 6.92 Å². The summed E-state index contributed by atoms with van der Waals surface area (Å²) < 4.78 is 1.42. The second kappa shape index (κ2) is 9.45. The van der Waals surface area contributed by atoms with Crippen molar-refractivity contribution in [2.75, 3.05) is 23.7 Å². The average Bonchev–Trinajstić information content (AvgIpc) is 2.46. The highest BCUT2D eigenvalue weighted by atomic mass is 35.5. The first-order valence-corrected chi connectivity index (χ1v) is 8.50. The summed E-state index contributed by atoms with van der Waals surface area (Å²) in [6.07, 6.45) is 4.76. The quantitative estimate of drug-likeness (QED) is 0.640. The van der Waals surface area contributed by atoms with Crippen LogP contribution in [0.1, 0.15) is 46.0 Å². The summed E-state index contributed by atoms with van der Waals surface area (Å²) in [4.78, 5) is 28.4. The average molecular weight is 343 g/mol. The highest BCUT2D eigenvalue weighted by Gasteiger charge is 2.18. The number of H-pyrrole nitrogens is 1. The first-order chi connectivity index (χ1) is 10.9. The minimum Gasteiger partial charge on any atom is -0.383 e. The van der Waals surface area contributed by atoms with Gasteiger partial charge >= 0.3 is 5.69 Å². The van der Waals surface area contributed by atoms with Crippen LogP contribution in [0.15, 0.2) is 21.2 Å². The van der Waals surface area contributed by atoms with E-state index < -0.39 is 11.2 Å². The third kappa shape index (κ3) is 5.46. The zero-order valence-corrected chi connectivity index (χ0v) is 14.8. The van der Waals surface area contributed by atoms with E-state index in [2.05, 4.69) is 18.5 Å². The number of nitrogens with zero attached hydrogens (tertiary/aromatic N) is 2. The van der Waals surface area contributed by atoms with Crippen molar-refractivity contribution in [3.8, 4) is 0 Å². The lowest BCUT2D eigenvalue weighted by atomic mass is 10.2. The molecule has 0 amide bonds. The molecule has 0 saturated heterocycles. The van der Waals surface area contributed by atoms with Crippen LogP contribution in [-0.2, 0) is 6.54 Å². The third-order valence-electron chi connectivity index (χ3n) is 3.66. The summed E-state index contributed by atoms with van der Waals surface area (Å²) in [5, 5.41) is 0.423. The van der Waals surface area contributed by atoms with Gasteiger partial charge in [0.1, 0.15) is 11.5 Å². The highest BCUT2D eigenvalue weighted by Crippen LogP contribution is 2.19. The Morgan fingerprint density at radius 3 is 2.48 bits per heavy atom. The summed E-state index contributed by atoms with van der Waals surface area (Å²) in [6, 6.07) is 0. The number of rotatable bonds is 10. The Balaban J connectivity index is 3.25. The molecule has 1 rings (SSSR count). The Labute approximate surface area is 141 Å². The van der Waals surface area contributed by atoms with Crippen molar-refractivity contribution in [1.82, 2.24) is 9.55 Å². The monoisotopic (exact) mass is 342 g/mol. The molecule has 0 fully saturated rings. The van der Waals surface area contributed by atoms with Gasteiger partial charge in [-0.15, -0.1) is 0 Å². The molecule has 1 aromatic heterocycles. The lowest BCUT2D eigenvalue weighted by Crippen LogP contribution is -2.39. The van der Waals surface area contributed by atoms with Gasteiger partial charge in [0.15, 0.2) is 0 Å². The van der Waals surface area contributed by atoms with Gasteiger partial charge in [0.2, 0.25) is 0 Å². The van der Waals surface area contributed by atoms with Gasteiger partial charge in [-0.2, -0.15) is 0 Å². The third-order valence-corrected chi connectivity index (χ3v) is 3.78. The van der Waals surface area contributed by atoms with E-state index in [1.54, 1.807) is 4.90 Å². The SMILES string of the molecule is C=C(Cl)CN(CCCCC)c1c(N)n(CCCC)c(=O)[nH]c1=O. The van der Waals surface area contributed by atoms with E-state index in [0.29, 0.717) is 30.4 Å². The van der Waals surface area contributed by atoms with Gasteiger partial charge in [0.25, 0.3) is 5.56 Å². The number of aromatic nitrogens is 2. The van der Waals surface area contributed by atoms with Crippen molar-refractivity contribution in [2.45, 2.75) is 52.5 Å². The molecule has 130 valence electrons. The predicted octanol–water partition coefficient (Wildman–Crippen LogP) is 2.67. The molecule has 0 spiro atoms. The molecule has 23 heavy (non-hydrogen) atoms. The summed E-state index contributed by atoms with van der Waals surface area (Å²) in [5.74, 6) is 0.196. The number of nitrogens with one attached hydrogen (secondary N) is 1. The van der Waals surface area contributed by atoms with E-state index in [4.69, 9.17) is 17.3 Å². The fraction of sp³-hybridized carbons (Fsp3) is 0.625. The largest absolute Gasteiger partial charge is 0.383 e. The molecule has 0 aliphatic rings. The van der Waals surface area contributed by atoms with Crippen LogP contribution in [-0.4, -0.2) is 22.6 Å². The minimum atomic E-state index is -0.477. The van der Waals surface area contributed by atoms with E-state index in [1.165, 1.54) is 4.57 Å². The lowest BCUT2D eigenvalue weighted by Gasteiger charge is -2.25. The Morgan fingerprint density at radius 2 is 1.91 bits per heavy atom. The van der Waals surface area contributed by atoms with E-state index >= 15 is 0 Å². The number of hydrogen-bond donors (Lipinski definition) is 2. The standard InChI is InChI=1S/C16H27ClN4O2/c1-4-6-8-9-20(11-12(3)17)13-14(18)21(10-7-5-2)16(23)19-15(13)22/h3-11,18H2,1-2H3,(H,19,22,23). The number of nitrogen functional groups attached to an aromatic ring is 1. The van der Waals surface area contributed by atoms with Gasteiger partial charge < -0.3 is 10.6 Å². The normalized spacial score (nSPS) is 10.7. The van der Waals surface area contributed by atoms with Crippen molar-refractivity contribution >= 4 is 23.1 Å². The summed E-state index contributed by atoms with van der Waals surface area (Å²) >= 11 is 5.94. The van der Waals surface area contributed by atoms with Crippen molar-refractivity contribution < 1.29 is 0 Å². The lowest BCUT2D eigenvalue weighted by molar-refractivity contribution is 0.601. The Hall–Kier alpha value is -1.69. The molecular formula is C16H27ClN4O2. The summed E-state index contributed by atoms with van der Waals surface area (Å²) in [6.45, 7) is 9.28. The van der Waals surface area contributed by atoms with Crippen LogP contribution in [0.4, 0.5) is 11.5 Å². The molecular weight excluding hydrogens is 316 g/mol.